The highest BCUT2D eigenvalue weighted by atomic mass is 14.9. The van der Waals surface area contributed by atoms with Crippen LogP contribution in [0.1, 0.15) is 25.0 Å². The Bertz CT molecular complexity index is 2170. The second kappa shape index (κ2) is 10.8. The highest BCUT2D eigenvalue weighted by molar-refractivity contribution is 5.85. The molecule has 0 fully saturated rings. The molecule has 1 aliphatic carbocycles. The zero-order valence-electron chi connectivity index (χ0n) is 25.3. The summed E-state index contributed by atoms with van der Waals surface area (Å²) in [6.45, 7) is 4.64. The van der Waals surface area contributed by atoms with Gasteiger partial charge in [-0.2, -0.15) is 0 Å². The Morgan fingerprint density at radius 2 is 1.04 bits per heavy atom. The van der Waals surface area contributed by atoms with Crippen molar-refractivity contribution in [2.45, 2.75) is 19.3 Å². The van der Waals surface area contributed by atoms with Gasteiger partial charge in [0.15, 0.2) is 5.82 Å². The minimum Gasteiger partial charge on any atom is -0.264 e. The molecule has 5 aromatic carbocycles. The molecule has 0 amide bonds. The monoisotopic (exact) mass is 577 g/mol. The van der Waals surface area contributed by atoms with Crippen molar-refractivity contribution < 1.29 is 0 Å². The lowest BCUT2D eigenvalue weighted by molar-refractivity contribution is 0.660. The fraction of sp³-hybridized carbons (Fsp3) is 0.0714. The first-order valence-corrected chi connectivity index (χ1v) is 15.4. The van der Waals surface area contributed by atoms with Crippen LogP contribution < -0.4 is 0 Å². The predicted molar refractivity (Wildman–Crippen MR) is 185 cm³/mol. The van der Waals surface area contributed by atoms with E-state index in [4.69, 9.17) is 9.97 Å². The van der Waals surface area contributed by atoms with Crippen LogP contribution >= 0.6 is 0 Å². The Morgan fingerprint density at radius 3 is 1.84 bits per heavy atom. The van der Waals surface area contributed by atoms with Gasteiger partial charge in [-0.05, 0) is 68.8 Å². The third-order valence-corrected chi connectivity index (χ3v) is 9.01. The lowest BCUT2D eigenvalue weighted by Crippen LogP contribution is -2.14. The zero-order chi connectivity index (χ0) is 30.4. The molecule has 45 heavy (non-hydrogen) atoms. The topological polar surface area (TPSA) is 38.7 Å². The van der Waals surface area contributed by atoms with Crippen molar-refractivity contribution in [3.8, 4) is 67.3 Å². The van der Waals surface area contributed by atoms with E-state index in [2.05, 4.69) is 134 Å². The van der Waals surface area contributed by atoms with E-state index in [0.717, 1.165) is 39.2 Å². The van der Waals surface area contributed by atoms with Crippen LogP contribution in [-0.2, 0) is 5.41 Å². The highest BCUT2D eigenvalue weighted by Gasteiger charge is 2.35. The Balaban J connectivity index is 1.21. The first kappa shape index (κ1) is 26.9. The van der Waals surface area contributed by atoms with Crippen LogP contribution in [-0.4, -0.2) is 15.0 Å². The Hall–Kier alpha value is -5.67. The molecule has 0 unspecified atom stereocenters. The maximum Gasteiger partial charge on any atom is 0.160 e. The van der Waals surface area contributed by atoms with E-state index in [-0.39, 0.29) is 5.41 Å². The lowest BCUT2D eigenvalue weighted by Gasteiger charge is -2.21. The molecular formula is C42H31N3. The summed E-state index contributed by atoms with van der Waals surface area (Å²) in [5.74, 6) is 0.709. The number of hydrogen-bond acceptors (Lipinski definition) is 3. The first-order valence-electron chi connectivity index (χ1n) is 15.4. The summed E-state index contributed by atoms with van der Waals surface area (Å²) in [5, 5.41) is 0. The smallest absolute Gasteiger partial charge is 0.160 e. The zero-order valence-corrected chi connectivity index (χ0v) is 25.3. The molecule has 0 radical (unpaired) electrons. The molecule has 0 aliphatic heterocycles. The number of aromatic nitrogens is 3. The number of benzene rings is 5. The molecule has 0 saturated heterocycles. The summed E-state index contributed by atoms with van der Waals surface area (Å²) in [4.78, 5) is 14.4. The summed E-state index contributed by atoms with van der Waals surface area (Å²) in [6.07, 6.45) is 3.68. The van der Waals surface area contributed by atoms with Crippen LogP contribution in [0, 0.1) is 0 Å². The maximum atomic E-state index is 5.09. The molecule has 2 aromatic heterocycles. The predicted octanol–water partition coefficient (Wildman–Crippen LogP) is 10.5. The summed E-state index contributed by atoms with van der Waals surface area (Å²) >= 11 is 0. The van der Waals surface area contributed by atoms with Crippen molar-refractivity contribution in [2.24, 2.45) is 0 Å². The maximum absolute atomic E-state index is 5.09. The number of rotatable bonds is 5. The van der Waals surface area contributed by atoms with Gasteiger partial charge in [-0.3, -0.25) is 4.98 Å². The number of fused-ring (bicyclic) bond motifs is 3. The quantitative estimate of drug-likeness (QED) is 0.204. The van der Waals surface area contributed by atoms with Crippen LogP contribution in [0.2, 0.25) is 0 Å². The SMILES string of the molecule is CC1(C)c2ccccc2-c2cc(-c3cccc(-c4cc(-c5ccc(-c6cccnc6)cc5)nc(-c5ccccc5)n4)c3)ccc21. The van der Waals surface area contributed by atoms with Crippen LogP contribution in [0.3, 0.4) is 0 Å². The fourth-order valence-electron chi connectivity index (χ4n) is 6.58. The molecule has 3 nitrogen and oxygen atoms in total. The summed E-state index contributed by atoms with van der Waals surface area (Å²) < 4.78 is 0. The van der Waals surface area contributed by atoms with E-state index in [1.54, 1.807) is 6.20 Å². The Morgan fingerprint density at radius 1 is 0.422 bits per heavy atom. The van der Waals surface area contributed by atoms with E-state index in [9.17, 15) is 0 Å². The largest absolute Gasteiger partial charge is 0.264 e. The van der Waals surface area contributed by atoms with Gasteiger partial charge in [0.1, 0.15) is 0 Å². The van der Waals surface area contributed by atoms with E-state index < -0.39 is 0 Å². The minimum atomic E-state index is -0.00626. The van der Waals surface area contributed by atoms with Gasteiger partial charge in [-0.1, -0.05) is 129 Å². The highest BCUT2D eigenvalue weighted by Crippen LogP contribution is 2.49. The van der Waals surface area contributed by atoms with Crippen LogP contribution in [0.25, 0.3) is 67.3 Å². The van der Waals surface area contributed by atoms with Gasteiger partial charge in [0.25, 0.3) is 0 Å². The van der Waals surface area contributed by atoms with Gasteiger partial charge in [0.2, 0.25) is 0 Å². The second-order valence-corrected chi connectivity index (χ2v) is 12.2. The molecule has 1 aliphatic rings. The summed E-state index contributed by atoms with van der Waals surface area (Å²) in [5.41, 5.74) is 14.9. The molecule has 8 rings (SSSR count). The van der Waals surface area contributed by atoms with Gasteiger partial charge >= 0.3 is 0 Å². The normalized spacial score (nSPS) is 12.8. The third-order valence-electron chi connectivity index (χ3n) is 9.01. The second-order valence-electron chi connectivity index (χ2n) is 12.2. The van der Waals surface area contributed by atoms with Crippen molar-refractivity contribution in [1.82, 2.24) is 15.0 Å². The number of pyridine rings is 1. The van der Waals surface area contributed by atoms with E-state index >= 15 is 0 Å². The van der Waals surface area contributed by atoms with Crippen molar-refractivity contribution in [3.63, 3.8) is 0 Å². The molecule has 2 heterocycles. The molecule has 0 N–H and O–H groups in total. The van der Waals surface area contributed by atoms with Crippen molar-refractivity contribution >= 4 is 0 Å². The average molecular weight is 578 g/mol. The van der Waals surface area contributed by atoms with Gasteiger partial charge < -0.3 is 0 Å². The standard InChI is InChI=1S/C42H31N3/c1-42(2)37-16-7-6-15-35(37)36-25-32(21-22-38(36)42)31-12-8-13-33(24-31)40-26-39(44-41(45-40)30-10-4-3-5-11-30)29-19-17-28(18-20-29)34-14-9-23-43-27-34/h3-27H,1-2H3. The van der Waals surface area contributed by atoms with E-state index in [1.807, 2.05) is 30.5 Å². The third kappa shape index (κ3) is 4.83. The van der Waals surface area contributed by atoms with Crippen LogP contribution in [0.4, 0.5) is 0 Å². The fourth-order valence-corrected chi connectivity index (χ4v) is 6.58. The van der Waals surface area contributed by atoms with E-state index in [1.165, 1.54) is 33.4 Å². The Labute approximate surface area is 264 Å². The van der Waals surface area contributed by atoms with Crippen LogP contribution in [0.15, 0.2) is 152 Å². The van der Waals surface area contributed by atoms with Gasteiger partial charge in [-0.15, -0.1) is 0 Å². The number of hydrogen-bond donors (Lipinski definition) is 0. The molecule has 3 heteroatoms. The Kier molecular flexibility index (Phi) is 6.46. The summed E-state index contributed by atoms with van der Waals surface area (Å²) in [6, 6.07) is 49.3. The molecule has 0 bridgehead atoms. The number of nitrogens with zero attached hydrogens (tertiary/aromatic N) is 3. The van der Waals surface area contributed by atoms with Gasteiger partial charge in [0, 0.05) is 34.5 Å². The molecule has 0 atom stereocenters. The minimum absolute atomic E-state index is 0.00626. The molecule has 0 spiro atoms. The van der Waals surface area contributed by atoms with Crippen molar-refractivity contribution in [2.75, 3.05) is 0 Å². The van der Waals surface area contributed by atoms with E-state index in [0.29, 0.717) is 5.82 Å². The molecule has 0 saturated carbocycles. The molecular weight excluding hydrogens is 546 g/mol. The average Bonchev–Trinajstić information content (AvgIpc) is 3.34. The lowest BCUT2D eigenvalue weighted by atomic mass is 9.82. The first-order chi connectivity index (χ1) is 22.0. The molecule has 214 valence electrons. The van der Waals surface area contributed by atoms with Crippen molar-refractivity contribution in [3.05, 3.63) is 163 Å². The molecule has 7 aromatic rings. The van der Waals surface area contributed by atoms with Crippen molar-refractivity contribution in [1.29, 1.82) is 0 Å². The van der Waals surface area contributed by atoms with Crippen LogP contribution in [0.5, 0.6) is 0 Å². The summed E-state index contributed by atoms with van der Waals surface area (Å²) in [7, 11) is 0. The van der Waals surface area contributed by atoms with Gasteiger partial charge in [-0.25, -0.2) is 9.97 Å². The van der Waals surface area contributed by atoms with Gasteiger partial charge in [0.05, 0.1) is 11.4 Å².